The monoisotopic (exact) mass is 243 g/mol. The van der Waals surface area contributed by atoms with Gasteiger partial charge in [-0.2, -0.15) is 5.10 Å². The maximum atomic E-state index is 11.1. The Hall–Kier alpha value is -2.63. The highest BCUT2D eigenvalue weighted by molar-refractivity contribution is 6.00. The van der Waals surface area contributed by atoms with Crippen LogP contribution in [0.1, 0.15) is 16.1 Å². The first-order valence-electron chi connectivity index (χ1n) is 5.30. The van der Waals surface area contributed by atoms with Crippen LogP contribution in [0.2, 0.25) is 0 Å². The van der Waals surface area contributed by atoms with Crippen LogP contribution in [0.15, 0.2) is 28.8 Å². The number of carbonyl (C=O) groups is 1. The third-order valence-electron chi connectivity index (χ3n) is 2.71. The van der Waals surface area contributed by atoms with Crippen LogP contribution in [0.3, 0.4) is 0 Å². The quantitative estimate of drug-likeness (QED) is 0.720. The van der Waals surface area contributed by atoms with Gasteiger partial charge in [-0.3, -0.25) is 5.10 Å². The first-order chi connectivity index (χ1) is 8.66. The molecule has 0 aliphatic heterocycles. The fourth-order valence-electron chi connectivity index (χ4n) is 1.80. The number of carboxylic acid groups (broad SMARTS) is 1. The summed E-state index contributed by atoms with van der Waals surface area (Å²) in [4.78, 5) is 15.3. The highest BCUT2D eigenvalue weighted by atomic mass is 16.4. The number of aromatic nitrogens is 3. The van der Waals surface area contributed by atoms with Crippen molar-refractivity contribution in [2.45, 2.75) is 6.92 Å². The largest absolute Gasteiger partial charge is 0.478 e. The Balaban J connectivity index is 2.26. The molecule has 0 amide bonds. The highest BCUT2D eigenvalue weighted by Crippen LogP contribution is 2.27. The fraction of sp³-hybridized carbons (Fsp3) is 0.0833. The molecular formula is C12H9N3O3. The Labute approximate surface area is 101 Å². The van der Waals surface area contributed by atoms with Gasteiger partial charge in [-0.05, 0) is 19.1 Å². The van der Waals surface area contributed by atoms with E-state index in [2.05, 4.69) is 15.2 Å². The summed E-state index contributed by atoms with van der Waals surface area (Å²) >= 11 is 0. The van der Waals surface area contributed by atoms with Crippen molar-refractivity contribution >= 4 is 17.1 Å². The molecule has 0 atom stereocenters. The van der Waals surface area contributed by atoms with E-state index in [1.165, 1.54) is 6.07 Å². The number of nitrogens with zero attached hydrogens (tertiary/aromatic N) is 2. The van der Waals surface area contributed by atoms with Gasteiger partial charge in [-0.1, -0.05) is 6.07 Å². The summed E-state index contributed by atoms with van der Waals surface area (Å²) in [7, 11) is 0. The van der Waals surface area contributed by atoms with Crippen molar-refractivity contribution in [3.63, 3.8) is 0 Å². The summed E-state index contributed by atoms with van der Waals surface area (Å²) < 4.78 is 5.53. The zero-order valence-corrected chi connectivity index (χ0v) is 9.47. The van der Waals surface area contributed by atoms with Gasteiger partial charge in [0.05, 0.1) is 11.8 Å². The lowest BCUT2D eigenvalue weighted by molar-refractivity contribution is 0.0698. The lowest BCUT2D eigenvalue weighted by Crippen LogP contribution is -1.95. The van der Waals surface area contributed by atoms with Crippen LogP contribution in [-0.4, -0.2) is 26.3 Å². The van der Waals surface area contributed by atoms with Crippen molar-refractivity contribution in [1.82, 2.24) is 15.2 Å². The summed E-state index contributed by atoms with van der Waals surface area (Å²) in [6.45, 7) is 1.84. The van der Waals surface area contributed by atoms with E-state index in [9.17, 15) is 4.79 Å². The Morgan fingerprint density at radius 3 is 2.94 bits per heavy atom. The van der Waals surface area contributed by atoms with Crippen molar-refractivity contribution in [3.8, 4) is 11.5 Å². The number of H-pyrrole nitrogens is 1. The van der Waals surface area contributed by atoms with Crippen LogP contribution in [0, 0.1) is 6.92 Å². The zero-order chi connectivity index (χ0) is 12.7. The number of carboxylic acids is 1. The van der Waals surface area contributed by atoms with Gasteiger partial charge in [0.1, 0.15) is 11.1 Å². The molecule has 2 N–H and O–H groups in total. The van der Waals surface area contributed by atoms with E-state index < -0.39 is 5.97 Å². The lowest BCUT2D eigenvalue weighted by Gasteiger charge is -1.93. The van der Waals surface area contributed by atoms with Crippen molar-refractivity contribution in [2.75, 3.05) is 0 Å². The molecule has 0 radical (unpaired) electrons. The Morgan fingerprint density at radius 2 is 2.28 bits per heavy atom. The lowest BCUT2D eigenvalue weighted by atomic mass is 10.2. The predicted octanol–water partition coefficient (Wildman–Crippen LogP) is 2.22. The zero-order valence-electron chi connectivity index (χ0n) is 9.47. The second kappa shape index (κ2) is 3.69. The molecule has 2 heterocycles. The Morgan fingerprint density at radius 1 is 1.44 bits per heavy atom. The number of oxazole rings is 1. The predicted molar refractivity (Wildman–Crippen MR) is 63.3 cm³/mol. The van der Waals surface area contributed by atoms with Crippen LogP contribution in [-0.2, 0) is 0 Å². The summed E-state index contributed by atoms with van der Waals surface area (Å²) in [6.07, 6.45) is 1.60. The van der Waals surface area contributed by atoms with Gasteiger partial charge in [0.15, 0.2) is 5.58 Å². The second-order valence-corrected chi connectivity index (χ2v) is 3.89. The molecule has 6 nitrogen and oxygen atoms in total. The minimum atomic E-state index is -1.03. The second-order valence-electron chi connectivity index (χ2n) is 3.89. The molecule has 0 saturated heterocycles. The first kappa shape index (κ1) is 10.5. The molecule has 0 fully saturated rings. The highest BCUT2D eigenvalue weighted by Gasteiger charge is 2.17. The maximum absolute atomic E-state index is 11.1. The third-order valence-corrected chi connectivity index (χ3v) is 2.71. The normalized spacial score (nSPS) is 10.9. The molecular weight excluding hydrogens is 234 g/mol. The van der Waals surface area contributed by atoms with Crippen LogP contribution in [0.25, 0.3) is 22.6 Å². The average molecular weight is 243 g/mol. The summed E-state index contributed by atoms with van der Waals surface area (Å²) in [5.74, 6) is -0.669. The minimum Gasteiger partial charge on any atom is -0.478 e. The van der Waals surface area contributed by atoms with E-state index >= 15 is 0 Å². The molecule has 6 heteroatoms. The van der Waals surface area contributed by atoms with Gasteiger partial charge in [0.25, 0.3) is 0 Å². The molecule has 0 aliphatic carbocycles. The fourth-order valence-corrected chi connectivity index (χ4v) is 1.80. The summed E-state index contributed by atoms with van der Waals surface area (Å²) in [5.41, 5.74) is 2.44. The smallest absolute Gasteiger partial charge is 0.339 e. The SMILES string of the molecule is Cc1[nH]ncc1-c1nc2cccc(C(=O)O)c2o1. The number of para-hydroxylation sites is 1. The van der Waals surface area contributed by atoms with Crippen molar-refractivity contribution in [3.05, 3.63) is 35.7 Å². The van der Waals surface area contributed by atoms with E-state index in [1.54, 1.807) is 18.3 Å². The number of hydrogen-bond acceptors (Lipinski definition) is 4. The summed E-state index contributed by atoms with van der Waals surface area (Å²) in [5, 5.41) is 15.7. The molecule has 0 aliphatic rings. The first-order valence-corrected chi connectivity index (χ1v) is 5.30. The molecule has 3 rings (SSSR count). The van der Waals surface area contributed by atoms with Crippen molar-refractivity contribution < 1.29 is 14.3 Å². The van der Waals surface area contributed by atoms with Gasteiger partial charge in [0, 0.05) is 5.69 Å². The van der Waals surface area contributed by atoms with Crippen molar-refractivity contribution in [2.24, 2.45) is 0 Å². The molecule has 0 saturated carbocycles. The van der Waals surface area contributed by atoms with E-state index in [1.807, 2.05) is 6.92 Å². The van der Waals surface area contributed by atoms with Gasteiger partial charge in [-0.15, -0.1) is 0 Å². The maximum Gasteiger partial charge on any atom is 0.339 e. The Kier molecular flexibility index (Phi) is 2.16. The van der Waals surface area contributed by atoms with Gasteiger partial charge in [0.2, 0.25) is 5.89 Å². The van der Waals surface area contributed by atoms with E-state index in [0.29, 0.717) is 11.4 Å². The van der Waals surface area contributed by atoms with Gasteiger partial charge in [-0.25, -0.2) is 9.78 Å². The summed E-state index contributed by atoms with van der Waals surface area (Å²) in [6, 6.07) is 4.84. The number of fused-ring (bicyclic) bond motifs is 1. The van der Waals surface area contributed by atoms with Crippen LogP contribution < -0.4 is 0 Å². The molecule has 2 aromatic heterocycles. The van der Waals surface area contributed by atoms with Crippen LogP contribution >= 0.6 is 0 Å². The number of rotatable bonds is 2. The molecule has 0 bridgehead atoms. The molecule has 0 unspecified atom stereocenters. The van der Waals surface area contributed by atoms with Crippen LogP contribution in [0.5, 0.6) is 0 Å². The molecule has 90 valence electrons. The van der Waals surface area contributed by atoms with E-state index in [4.69, 9.17) is 9.52 Å². The molecule has 18 heavy (non-hydrogen) atoms. The van der Waals surface area contributed by atoms with E-state index in [-0.39, 0.29) is 11.1 Å². The number of hydrogen-bond donors (Lipinski definition) is 2. The van der Waals surface area contributed by atoms with Gasteiger partial charge >= 0.3 is 5.97 Å². The number of aryl methyl sites for hydroxylation is 1. The van der Waals surface area contributed by atoms with Gasteiger partial charge < -0.3 is 9.52 Å². The number of aromatic amines is 1. The number of benzene rings is 1. The van der Waals surface area contributed by atoms with E-state index in [0.717, 1.165) is 11.3 Å². The average Bonchev–Trinajstić information content (AvgIpc) is 2.92. The van der Waals surface area contributed by atoms with Crippen molar-refractivity contribution in [1.29, 1.82) is 0 Å². The van der Waals surface area contributed by atoms with Crippen LogP contribution in [0.4, 0.5) is 0 Å². The standard InChI is InChI=1S/C12H9N3O3/c1-6-8(5-13-15-6)11-14-9-4-2-3-7(12(16)17)10(9)18-11/h2-5H,1H3,(H,13,15)(H,16,17). The molecule has 0 spiro atoms. The Bertz CT molecular complexity index is 742. The number of aromatic carboxylic acids is 1. The topological polar surface area (TPSA) is 92.0 Å². The molecule has 1 aromatic carbocycles. The number of nitrogens with one attached hydrogen (secondary N) is 1. The molecule has 3 aromatic rings. The third kappa shape index (κ3) is 1.46. The minimum absolute atomic E-state index is 0.104.